The highest BCUT2D eigenvalue weighted by atomic mass is 35.5. The van der Waals surface area contributed by atoms with Gasteiger partial charge in [-0.05, 0) is 92.1 Å². The Labute approximate surface area is 350 Å². The van der Waals surface area contributed by atoms with Crippen LogP contribution in [0.2, 0.25) is 5.15 Å². The third-order valence-corrected chi connectivity index (χ3v) is 10.1. The van der Waals surface area contributed by atoms with E-state index in [1.165, 1.54) is 6.92 Å². The third kappa shape index (κ3) is 12.7. The van der Waals surface area contributed by atoms with Crippen molar-refractivity contribution in [3.63, 3.8) is 0 Å². The number of hydrogen-bond acceptors (Lipinski definition) is 8. The second kappa shape index (κ2) is 20.7. The highest BCUT2D eigenvalue weighted by Gasteiger charge is 2.27. The zero-order valence-corrected chi connectivity index (χ0v) is 36.5. The zero-order chi connectivity index (χ0) is 45.2. The summed E-state index contributed by atoms with van der Waals surface area (Å²) < 4.78 is 48.7. The van der Waals surface area contributed by atoms with Gasteiger partial charge < -0.3 is 15.4 Å². The number of esters is 1. The number of amides is 2. The number of pyridine rings is 1. The Bertz CT molecular complexity index is 2490. The first-order valence-electron chi connectivity index (χ1n) is 18.7. The predicted octanol–water partition coefficient (Wildman–Crippen LogP) is 7.50. The van der Waals surface area contributed by atoms with Crippen LogP contribution in [0.15, 0.2) is 53.6 Å². The summed E-state index contributed by atoms with van der Waals surface area (Å²) in [6, 6.07) is 9.81. The van der Waals surface area contributed by atoms with Crippen LogP contribution >= 0.6 is 11.6 Å². The largest absolute Gasteiger partial charge is 0.465 e. The molecule has 0 spiro atoms. The summed E-state index contributed by atoms with van der Waals surface area (Å²) in [5.74, 6) is -1.20. The molecule has 1 aromatic carbocycles. The molecule has 0 aliphatic heterocycles. The van der Waals surface area contributed by atoms with E-state index in [1.807, 2.05) is 96.2 Å². The number of halogens is 4. The minimum atomic E-state index is -4.47. The minimum absolute atomic E-state index is 0.00926. The molecule has 5 heterocycles. The molecule has 1 atom stereocenters. The molecular formula is C41H52ClF3N10O5. The highest BCUT2D eigenvalue weighted by molar-refractivity contribution is 6.30. The fraction of sp³-hybridized carbons (Fsp3) is 0.390. The Morgan fingerprint density at radius 2 is 1.53 bits per heavy atom. The first-order chi connectivity index (χ1) is 28.0. The Morgan fingerprint density at radius 3 is 1.98 bits per heavy atom. The van der Waals surface area contributed by atoms with E-state index in [0.29, 0.717) is 17.4 Å². The van der Waals surface area contributed by atoms with Crippen LogP contribution in [0.5, 0.6) is 0 Å². The maximum absolute atomic E-state index is 12.3. The number of ketones is 1. The molecule has 0 saturated heterocycles. The number of rotatable bonds is 7. The molecule has 6 rings (SSSR count). The molecule has 60 heavy (non-hydrogen) atoms. The van der Waals surface area contributed by atoms with Crippen molar-refractivity contribution in [2.24, 2.45) is 27.1 Å². The van der Waals surface area contributed by atoms with E-state index in [2.05, 4.69) is 30.3 Å². The van der Waals surface area contributed by atoms with Crippen molar-refractivity contribution in [3.8, 4) is 22.5 Å². The summed E-state index contributed by atoms with van der Waals surface area (Å²) in [6.45, 7) is 15.3. The average molecular weight is 857 g/mol. The molecule has 1 unspecified atom stereocenters. The first-order valence-corrected chi connectivity index (χ1v) is 19.1. The molecule has 324 valence electrons. The standard InChI is InChI=1S/C22H21F3N6O.C7H12O3.C6H9ClN2.C6H10N2O/c1-13-14(2)30(3)29-20(13)16-7-8-31-18(11-26-19(31)10-16)15-5-4-6-17(9-15)28-21(32)27-12-22(23,24)25;1-4-10-7(9)5(2)6(3)8;1-4-5(2)9(3)8-6(4)7;1-4-5(2)8(3)7-6(4)9/h4-11H,12H2,1-3H3,(H2,27,28,32);5H,4H2,1-3H3;1-3H3;1-3H3,(H,7,9). The number of H-pyrrole nitrogens is 1. The van der Waals surface area contributed by atoms with Crippen molar-refractivity contribution in [2.75, 3.05) is 18.5 Å². The number of carbonyl (C=O) groups is 3. The molecule has 0 saturated carbocycles. The van der Waals surface area contributed by atoms with Crippen molar-refractivity contribution < 1.29 is 32.3 Å². The van der Waals surface area contributed by atoms with Gasteiger partial charge in [-0.1, -0.05) is 23.7 Å². The van der Waals surface area contributed by atoms with Crippen molar-refractivity contribution in [3.05, 3.63) is 98.1 Å². The molecule has 0 radical (unpaired) electrons. The van der Waals surface area contributed by atoms with Crippen LogP contribution in [-0.4, -0.2) is 75.8 Å². The van der Waals surface area contributed by atoms with Crippen molar-refractivity contribution in [2.45, 2.75) is 68.5 Å². The first kappa shape index (κ1) is 48.2. The van der Waals surface area contributed by atoms with Gasteiger partial charge in [0.1, 0.15) is 23.9 Å². The monoisotopic (exact) mass is 856 g/mol. The zero-order valence-electron chi connectivity index (χ0n) is 35.8. The van der Waals surface area contributed by atoms with Gasteiger partial charge >= 0.3 is 18.2 Å². The maximum Gasteiger partial charge on any atom is 0.405 e. The highest BCUT2D eigenvalue weighted by Crippen LogP contribution is 2.28. The number of benzene rings is 1. The van der Waals surface area contributed by atoms with Crippen LogP contribution in [-0.2, 0) is 35.5 Å². The lowest BCUT2D eigenvalue weighted by Gasteiger charge is -2.11. The number of imidazole rings is 1. The fourth-order valence-electron chi connectivity index (χ4n) is 5.28. The fourth-order valence-corrected chi connectivity index (χ4v) is 5.53. The van der Waals surface area contributed by atoms with E-state index in [0.717, 1.165) is 61.9 Å². The number of anilines is 1. The summed E-state index contributed by atoms with van der Waals surface area (Å²) in [5, 5.41) is 16.0. The lowest BCUT2D eigenvalue weighted by atomic mass is 10.1. The molecule has 6 aromatic rings. The Kier molecular flexibility index (Phi) is 16.6. The Hall–Kier alpha value is -6.17. The van der Waals surface area contributed by atoms with Crippen LogP contribution in [0.1, 0.15) is 54.5 Å². The smallest absolute Gasteiger partial charge is 0.405 e. The SMILES string of the molecule is CCOC(=O)C(C)C(C)=O.Cc1c(-c2ccn3c(-c4cccc(NC(=O)NCC(F)(F)F)c4)cnc3c2)nn(C)c1C.Cc1c(C)n(C)[nH]c1=O.Cc1c(Cl)nn(C)c1C. The second-order valence-corrected chi connectivity index (χ2v) is 14.3. The number of urea groups is 1. The number of hydrogen-bond donors (Lipinski definition) is 3. The molecule has 3 N–H and O–H groups in total. The number of nitrogens with zero attached hydrogens (tertiary/aromatic N) is 7. The van der Waals surface area contributed by atoms with Gasteiger partial charge in [-0.2, -0.15) is 23.4 Å². The summed E-state index contributed by atoms with van der Waals surface area (Å²) >= 11 is 5.70. The van der Waals surface area contributed by atoms with Gasteiger partial charge in [-0.15, -0.1) is 0 Å². The minimum Gasteiger partial charge on any atom is -0.465 e. The van der Waals surface area contributed by atoms with E-state index in [1.54, 1.807) is 52.9 Å². The lowest BCUT2D eigenvalue weighted by molar-refractivity contribution is -0.150. The van der Waals surface area contributed by atoms with Gasteiger partial charge in [-0.25, -0.2) is 9.78 Å². The van der Waals surface area contributed by atoms with E-state index in [9.17, 15) is 32.3 Å². The molecule has 15 nitrogen and oxygen atoms in total. The van der Waals surface area contributed by atoms with E-state index in [4.69, 9.17) is 11.6 Å². The molecule has 0 aliphatic carbocycles. The van der Waals surface area contributed by atoms with Crippen LogP contribution in [0.25, 0.3) is 28.2 Å². The predicted molar refractivity (Wildman–Crippen MR) is 225 cm³/mol. The Balaban J connectivity index is 0.000000276. The number of fused-ring (bicyclic) bond motifs is 1. The number of aromatic nitrogens is 8. The van der Waals surface area contributed by atoms with Crippen LogP contribution in [0, 0.1) is 47.5 Å². The maximum atomic E-state index is 12.3. The number of alkyl halides is 3. The summed E-state index contributed by atoms with van der Waals surface area (Å²) in [6.07, 6.45) is -0.869. The van der Waals surface area contributed by atoms with Gasteiger partial charge in [-0.3, -0.25) is 37.9 Å². The molecule has 0 bridgehead atoms. The number of aryl methyl sites for hydroxylation is 3. The van der Waals surface area contributed by atoms with Gasteiger partial charge in [0.2, 0.25) is 0 Å². The van der Waals surface area contributed by atoms with Gasteiger partial charge in [0, 0.05) is 72.4 Å². The van der Waals surface area contributed by atoms with E-state index in [-0.39, 0.29) is 11.3 Å². The van der Waals surface area contributed by atoms with Gasteiger partial charge in [0.15, 0.2) is 5.15 Å². The van der Waals surface area contributed by atoms with Crippen LogP contribution in [0.4, 0.5) is 23.7 Å². The summed E-state index contributed by atoms with van der Waals surface area (Å²) in [7, 11) is 5.61. The number of ether oxygens (including phenoxy) is 1. The number of Topliss-reactive ketones (excluding diaryl/α,β-unsaturated/α-hetero) is 1. The molecule has 2 amide bonds. The van der Waals surface area contributed by atoms with Crippen LogP contribution in [0.3, 0.4) is 0 Å². The number of aromatic amines is 1. The molecule has 0 aliphatic rings. The topological polar surface area (TPSA) is 175 Å². The van der Waals surface area contributed by atoms with E-state index < -0.39 is 30.6 Å². The molecule has 19 heteroatoms. The quantitative estimate of drug-likeness (QED) is 0.109. The molecule has 0 fully saturated rings. The van der Waals surface area contributed by atoms with Crippen LogP contribution < -0.4 is 16.2 Å². The van der Waals surface area contributed by atoms with Crippen molar-refractivity contribution in [1.82, 2.24) is 44.0 Å². The van der Waals surface area contributed by atoms with E-state index >= 15 is 0 Å². The summed E-state index contributed by atoms with van der Waals surface area (Å²) in [5.41, 5.74) is 10.7. The molecule has 5 aromatic heterocycles. The van der Waals surface area contributed by atoms with Crippen molar-refractivity contribution in [1.29, 1.82) is 0 Å². The second-order valence-electron chi connectivity index (χ2n) is 13.9. The lowest BCUT2D eigenvalue weighted by Crippen LogP contribution is -2.36. The van der Waals surface area contributed by atoms with Gasteiger partial charge in [0.25, 0.3) is 5.56 Å². The normalized spacial score (nSPS) is 11.3. The summed E-state index contributed by atoms with van der Waals surface area (Å²) in [4.78, 5) is 48.3. The number of nitrogens with one attached hydrogen (secondary N) is 3. The third-order valence-electron chi connectivity index (χ3n) is 9.77. The Morgan fingerprint density at radius 1 is 0.900 bits per heavy atom. The van der Waals surface area contributed by atoms with Crippen molar-refractivity contribution >= 4 is 40.7 Å². The number of carbonyl (C=O) groups excluding carboxylic acids is 3. The van der Waals surface area contributed by atoms with Gasteiger partial charge in [0.05, 0.1) is 24.2 Å². The molecular weight excluding hydrogens is 805 g/mol. The average Bonchev–Trinajstić information content (AvgIpc) is 3.87.